The standard InChI is InChI=1S/C17H22N4O3S.C2H6/c1-4-6-10(3)20-16-12(9-18)15(19)14(25-16)8-11-7-13(21-24-11)17(22)23-5-2;1-2/h7,10,20H,4-6,8,19H2,1-3H3;1-2H3. The minimum atomic E-state index is -0.523. The zero-order valence-corrected chi connectivity index (χ0v) is 17.4. The Kier molecular flexibility index (Phi) is 9.37. The van der Waals surface area contributed by atoms with Crippen molar-refractivity contribution in [2.45, 2.75) is 59.9 Å². The summed E-state index contributed by atoms with van der Waals surface area (Å²) in [6.07, 6.45) is 2.42. The van der Waals surface area contributed by atoms with E-state index in [2.05, 4.69) is 30.4 Å². The van der Waals surface area contributed by atoms with Gasteiger partial charge in [-0.05, 0) is 20.3 Å². The van der Waals surface area contributed by atoms with Crippen molar-refractivity contribution in [3.63, 3.8) is 0 Å². The van der Waals surface area contributed by atoms with Crippen LogP contribution in [0.3, 0.4) is 0 Å². The van der Waals surface area contributed by atoms with Crippen molar-refractivity contribution in [3.8, 4) is 6.07 Å². The lowest BCUT2D eigenvalue weighted by Crippen LogP contribution is -2.14. The van der Waals surface area contributed by atoms with Gasteiger partial charge in [0.25, 0.3) is 0 Å². The summed E-state index contributed by atoms with van der Waals surface area (Å²) in [5.74, 6) is -0.0289. The highest BCUT2D eigenvalue weighted by Crippen LogP contribution is 2.37. The molecule has 0 aliphatic carbocycles. The Morgan fingerprint density at radius 1 is 1.48 bits per heavy atom. The fourth-order valence-electron chi connectivity index (χ4n) is 2.42. The SMILES string of the molecule is CC.CCCC(C)Nc1sc(Cc2cc(C(=O)OCC)no2)c(N)c1C#N. The van der Waals surface area contributed by atoms with Crippen LogP contribution < -0.4 is 11.1 Å². The van der Waals surface area contributed by atoms with Crippen molar-refractivity contribution in [3.05, 3.63) is 28.0 Å². The minimum Gasteiger partial charge on any atom is -0.461 e. The summed E-state index contributed by atoms with van der Waals surface area (Å²) in [6, 6.07) is 3.95. The maximum atomic E-state index is 11.6. The van der Waals surface area contributed by atoms with Gasteiger partial charge < -0.3 is 20.3 Å². The minimum absolute atomic E-state index is 0.127. The fraction of sp³-hybridized carbons (Fsp3) is 0.526. The number of carbonyl (C=O) groups excluding carboxylic acids is 1. The molecule has 2 aromatic heterocycles. The molecule has 1 unspecified atom stereocenters. The van der Waals surface area contributed by atoms with E-state index in [1.807, 2.05) is 13.8 Å². The van der Waals surface area contributed by atoms with E-state index < -0.39 is 5.97 Å². The number of thiophene rings is 1. The van der Waals surface area contributed by atoms with Crippen molar-refractivity contribution < 1.29 is 14.1 Å². The summed E-state index contributed by atoms with van der Waals surface area (Å²) in [6.45, 7) is 10.2. The molecule has 0 bridgehead atoms. The van der Waals surface area contributed by atoms with Crippen molar-refractivity contribution in [2.75, 3.05) is 17.7 Å². The number of anilines is 2. The van der Waals surface area contributed by atoms with Crippen LogP contribution in [0.5, 0.6) is 0 Å². The molecule has 0 amide bonds. The lowest BCUT2D eigenvalue weighted by atomic mass is 10.1. The molecule has 0 saturated carbocycles. The van der Waals surface area contributed by atoms with E-state index >= 15 is 0 Å². The van der Waals surface area contributed by atoms with E-state index in [4.69, 9.17) is 15.0 Å². The summed E-state index contributed by atoms with van der Waals surface area (Å²) < 4.78 is 10.1. The van der Waals surface area contributed by atoms with Crippen LogP contribution in [0.1, 0.15) is 74.1 Å². The molecule has 0 radical (unpaired) electrons. The highest BCUT2D eigenvalue weighted by molar-refractivity contribution is 7.17. The number of hydrogen-bond donors (Lipinski definition) is 2. The van der Waals surface area contributed by atoms with Crippen molar-refractivity contribution in [2.24, 2.45) is 0 Å². The third-order valence-electron chi connectivity index (χ3n) is 3.61. The molecule has 0 aliphatic heterocycles. The molecule has 2 heterocycles. The van der Waals surface area contributed by atoms with Crippen molar-refractivity contribution in [1.29, 1.82) is 5.26 Å². The molecule has 0 spiro atoms. The molecule has 0 aromatic carbocycles. The van der Waals surface area contributed by atoms with E-state index in [0.29, 0.717) is 23.4 Å². The largest absolute Gasteiger partial charge is 0.461 e. The molecule has 2 rings (SSSR count). The predicted molar refractivity (Wildman–Crippen MR) is 108 cm³/mol. The van der Waals surface area contributed by atoms with Crippen LogP contribution in [0, 0.1) is 11.3 Å². The van der Waals surface area contributed by atoms with E-state index in [0.717, 1.165) is 22.7 Å². The van der Waals surface area contributed by atoms with Gasteiger partial charge in [0.15, 0.2) is 5.69 Å². The average molecular weight is 393 g/mol. The van der Waals surface area contributed by atoms with Gasteiger partial charge >= 0.3 is 5.97 Å². The molecule has 0 aliphatic rings. The first-order valence-electron chi connectivity index (χ1n) is 9.20. The second-order valence-electron chi connectivity index (χ2n) is 5.66. The number of hydrogen-bond acceptors (Lipinski definition) is 8. The van der Waals surface area contributed by atoms with Gasteiger partial charge in [-0.25, -0.2) is 4.79 Å². The molecule has 27 heavy (non-hydrogen) atoms. The first-order valence-corrected chi connectivity index (χ1v) is 10.0. The molecule has 0 fully saturated rings. The Morgan fingerprint density at radius 2 is 2.19 bits per heavy atom. The van der Waals surface area contributed by atoms with Crippen LogP contribution >= 0.6 is 11.3 Å². The van der Waals surface area contributed by atoms with Crippen LogP contribution in [0.25, 0.3) is 0 Å². The first-order chi connectivity index (χ1) is 13.0. The van der Waals surface area contributed by atoms with Crippen LogP contribution in [0.4, 0.5) is 10.7 Å². The first kappa shape index (κ1) is 22.5. The lowest BCUT2D eigenvalue weighted by molar-refractivity contribution is 0.0514. The fourth-order valence-corrected chi connectivity index (χ4v) is 3.61. The third kappa shape index (κ3) is 6.00. The van der Waals surface area contributed by atoms with Gasteiger partial charge in [-0.2, -0.15) is 5.26 Å². The lowest BCUT2D eigenvalue weighted by Gasteiger charge is -2.12. The Hall–Kier alpha value is -2.53. The maximum absolute atomic E-state index is 11.6. The zero-order valence-electron chi connectivity index (χ0n) is 16.6. The molecule has 8 heteroatoms. The molecule has 1 atom stereocenters. The second-order valence-corrected chi connectivity index (χ2v) is 6.77. The van der Waals surface area contributed by atoms with Crippen molar-refractivity contribution in [1.82, 2.24) is 5.16 Å². The normalized spacial score (nSPS) is 11.1. The van der Waals surface area contributed by atoms with Crippen molar-refractivity contribution >= 4 is 28.0 Å². The van der Waals surface area contributed by atoms with Crippen LogP contribution in [0.2, 0.25) is 0 Å². The topological polar surface area (TPSA) is 114 Å². The number of nitriles is 1. The van der Waals surface area contributed by atoms with E-state index in [1.165, 1.54) is 17.4 Å². The van der Waals surface area contributed by atoms with E-state index in [-0.39, 0.29) is 18.3 Å². The number of nitrogens with two attached hydrogens (primary N) is 1. The highest BCUT2D eigenvalue weighted by Gasteiger charge is 2.20. The molecule has 2 aromatic rings. The number of rotatable bonds is 8. The second kappa shape index (κ2) is 11.2. The van der Waals surface area contributed by atoms with Gasteiger partial charge in [-0.3, -0.25) is 0 Å². The van der Waals surface area contributed by atoms with Gasteiger partial charge in [-0.1, -0.05) is 32.3 Å². The Bertz CT molecular complexity index is 777. The van der Waals surface area contributed by atoms with Gasteiger partial charge in [0.05, 0.1) is 12.3 Å². The third-order valence-corrected chi connectivity index (χ3v) is 4.75. The number of esters is 1. The predicted octanol–water partition coefficient (Wildman–Crippen LogP) is 4.58. The Balaban J connectivity index is 0.00000176. The molecular formula is C19H28N4O3S. The van der Waals surface area contributed by atoms with E-state index in [9.17, 15) is 10.1 Å². The van der Waals surface area contributed by atoms with Gasteiger partial charge in [0.1, 0.15) is 22.4 Å². The number of aromatic nitrogens is 1. The zero-order chi connectivity index (χ0) is 20.4. The molecule has 0 saturated heterocycles. The summed E-state index contributed by atoms with van der Waals surface area (Å²) >= 11 is 1.43. The number of ether oxygens (including phenoxy) is 1. The quantitative estimate of drug-likeness (QED) is 0.632. The average Bonchev–Trinajstić information content (AvgIpc) is 3.23. The number of nitrogen functional groups attached to an aromatic ring is 1. The maximum Gasteiger partial charge on any atom is 0.360 e. The monoisotopic (exact) mass is 392 g/mol. The Morgan fingerprint density at radius 3 is 2.78 bits per heavy atom. The number of carbonyl (C=O) groups is 1. The molecule has 7 nitrogen and oxygen atoms in total. The van der Waals surface area contributed by atoms with E-state index in [1.54, 1.807) is 6.92 Å². The van der Waals surface area contributed by atoms with Gasteiger partial charge in [0.2, 0.25) is 0 Å². The summed E-state index contributed by atoms with van der Waals surface area (Å²) in [4.78, 5) is 12.4. The van der Waals surface area contributed by atoms with Gasteiger partial charge in [-0.15, -0.1) is 11.3 Å². The number of nitrogens with one attached hydrogen (secondary N) is 1. The highest BCUT2D eigenvalue weighted by atomic mass is 32.1. The Labute approximate surface area is 164 Å². The van der Waals surface area contributed by atoms with Crippen LogP contribution in [0.15, 0.2) is 10.6 Å². The molecule has 148 valence electrons. The molecule has 3 N–H and O–H groups in total. The molecular weight excluding hydrogens is 364 g/mol. The summed E-state index contributed by atoms with van der Waals surface area (Å²) in [7, 11) is 0. The summed E-state index contributed by atoms with van der Waals surface area (Å²) in [5, 5.41) is 17.2. The van der Waals surface area contributed by atoms with Gasteiger partial charge in [0, 0.05) is 23.4 Å². The van der Waals surface area contributed by atoms with Crippen LogP contribution in [-0.2, 0) is 11.2 Å². The number of nitrogens with zero attached hydrogens (tertiary/aromatic N) is 2. The van der Waals surface area contributed by atoms with Crippen LogP contribution in [-0.4, -0.2) is 23.8 Å². The smallest absolute Gasteiger partial charge is 0.360 e. The summed E-state index contributed by atoms with van der Waals surface area (Å²) in [5.41, 5.74) is 7.14.